The van der Waals surface area contributed by atoms with Crippen molar-refractivity contribution in [2.75, 3.05) is 32.7 Å². The van der Waals surface area contributed by atoms with Crippen LogP contribution in [0.15, 0.2) is 21.8 Å². The maximum absolute atomic E-state index is 10.7. The molecule has 1 aliphatic heterocycles. The van der Waals surface area contributed by atoms with Gasteiger partial charge in [-0.25, -0.2) is 4.99 Å². The molecule has 3 N–H and O–H groups in total. The van der Waals surface area contributed by atoms with Crippen LogP contribution in [0.5, 0.6) is 0 Å². The molecular weight excluding hydrogens is 459 g/mol. The fraction of sp³-hybridized carbons (Fsp3) is 0.737. The third kappa shape index (κ3) is 6.98. The van der Waals surface area contributed by atoms with E-state index >= 15 is 0 Å². The predicted octanol–water partition coefficient (Wildman–Crippen LogP) is 3.25. The third-order valence-electron chi connectivity index (χ3n) is 4.89. The quantitative estimate of drug-likeness (QED) is 0.295. The second-order valence-corrected chi connectivity index (χ2v) is 8.20. The summed E-state index contributed by atoms with van der Waals surface area (Å²) in [5, 5.41) is 21.4. The first kappa shape index (κ1) is 23.7. The standard InChI is InChI=1S/C19H34N4OS.HI/c1-5-20-18(22-14-19(4,24)16-8-11-25-13-16)21-12-17(15(2)3)23-9-6-7-10-23;/h8,11,13,15,17,24H,5-7,9-10,12,14H2,1-4H3,(H2,20,21,22);1H. The summed E-state index contributed by atoms with van der Waals surface area (Å²) in [4.78, 5) is 7.22. The average Bonchev–Trinajstić information content (AvgIpc) is 3.26. The Labute approximate surface area is 179 Å². The van der Waals surface area contributed by atoms with Crippen LogP contribution in [-0.4, -0.2) is 54.7 Å². The number of rotatable bonds is 8. The summed E-state index contributed by atoms with van der Waals surface area (Å²) in [6.07, 6.45) is 2.61. The van der Waals surface area contributed by atoms with Crippen molar-refractivity contribution < 1.29 is 5.11 Å². The van der Waals surface area contributed by atoms with Gasteiger partial charge in [-0.05, 0) is 68.1 Å². The van der Waals surface area contributed by atoms with E-state index < -0.39 is 5.60 Å². The van der Waals surface area contributed by atoms with Gasteiger partial charge in [-0.2, -0.15) is 11.3 Å². The van der Waals surface area contributed by atoms with Gasteiger partial charge in [0.2, 0.25) is 0 Å². The van der Waals surface area contributed by atoms with Crippen molar-refractivity contribution in [2.45, 2.75) is 52.2 Å². The Morgan fingerprint density at radius 1 is 1.35 bits per heavy atom. The van der Waals surface area contributed by atoms with Gasteiger partial charge in [0.05, 0.1) is 6.54 Å². The summed E-state index contributed by atoms with van der Waals surface area (Å²) < 4.78 is 0. The molecule has 1 fully saturated rings. The van der Waals surface area contributed by atoms with E-state index in [0.29, 0.717) is 18.5 Å². The van der Waals surface area contributed by atoms with Crippen molar-refractivity contribution >= 4 is 41.3 Å². The molecular formula is C19H35IN4OS. The minimum atomic E-state index is -0.936. The molecule has 2 atom stereocenters. The van der Waals surface area contributed by atoms with Gasteiger partial charge >= 0.3 is 0 Å². The minimum absolute atomic E-state index is 0. The van der Waals surface area contributed by atoms with Gasteiger partial charge in [-0.1, -0.05) is 13.8 Å². The Bertz CT molecular complexity index is 528. The van der Waals surface area contributed by atoms with Crippen LogP contribution in [0.25, 0.3) is 0 Å². The smallest absolute Gasteiger partial charge is 0.191 e. The summed E-state index contributed by atoms with van der Waals surface area (Å²) in [6, 6.07) is 2.48. The molecule has 2 unspecified atom stereocenters. The number of aliphatic imine (C=N–C) groups is 1. The summed E-state index contributed by atoms with van der Waals surface area (Å²) in [7, 11) is 0. The highest BCUT2D eigenvalue weighted by atomic mass is 127. The number of nitrogens with zero attached hydrogens (tertiary/aromatic N) is 2. The van der Waals surface area contributed by atoms with Crippen molar-refractivity contribution in [3.05, 3.63) is 22.4 Å². The summed E-state index contributed by atoms with van der Waals surface area (Å²) >= 11 is 1.60. The molecule has 0 bridgehead atoms. The molecule has 1 aromatic rings. The number of hydrogen-bond donors (Lipinski definition) is 3. The first-order valence-corrected chi connectivity index (χ1v) is 10.4. The van der Waals surface area contributed by atoms with Crippen LogP contribution in [0.1, 0.15) is 46.1 Å². The zero-order valence-corrected chi connectivity index (χ0v) is 19.6. The van der Waals surface area contributed by atoms with E-state index in [4.69, 9.17) is 0 Å². The van der Waals surface area contributed by atoms with Crippen molar-refractivity contribution in [3.8, 4) is 0 Å². The van der Waals surface area contributed by atoms with Gasteiger partial charge in [0.1, 0.15) is 5.60 Å². The van der Waals surface area contributed by atoms with E-state index in [-0.39, 0.29) is 24.0 Å². The molecule has 0 saturated carbocycles. The van der Waals surface area contributed by atoms with Crippen molar-refractivity contribution in [2.24, 2.45) is 10.9 Å². The van der Waals surface area contributed by atoms with Crippen molar-refractivity contribution in [1.29, 1.82) is 0 Å². The average molecular weight is 494 g/mol. The number of halogens is 1. The molecule has 2 rings (SSSR count). The molecule has 0 radical (unpaired) electrons. The number of aliphatic hydroxyl groups is 1. The number of nitrogens with one attached hydrogen (secondary N) is 2. The predicted molar refractivity (Wildman–Crippen MR) is 123 cm³/mol. The van der Waals surface area contributed by atoms with Gasteiger partial charge in [-0.3, -0.25) is 4.90 Å². The third-order valence-corrected chi connectivity index (χ3v) is 5.57. The number of likely N-dealkylation sites (tertiary alicyclic amines) is 1. The van der Waals surface area contributed by atoms with E-state index in [0.717, 1.165) is 24.6 Å². The molecule has 150 valence electrons. The Hall–Kier alpha value is -0.380. The van der Waals surface area contributed by atoms with E-state index in [9.17, 15) is 5.11 Å². The first-order valence-electron chi connectivity index (χ1n) is 9.45. The molecule has 0 amide bonds. The van der Waals surface area contributed by atoms with E-state index in [1.54, 1.807) is 11.3 Å². The molecule has 0 spiro atoms. The Balaban J connectivity index is 0.00000338. The summed E-state index contributed by atoms with van der Waals surface area (Å²) in [6.45, 7) is 12.9. The zero-order chi connectivity index (χ0) is 18.3. The lowest BCUT2D eigenvalue weighted by Crippen LogP contribution is -2.48. The zero-order valence-electron chi connectivity index (χ0n) is 16.5. The molecule has 26 heavy (non-hydrogen) atoms. The first-order chi connectivity index (χ1) is 11.9. The Morgan fingerprint density at radius 3 is 2.58 bits per heavy atom. The molecule has 1 saturated heterocycles. The van der Waals surface area contributed by atoms with Crippen molar-refractivity contribution in [3.63, 3.8) is 0 Å². The molecule has 1 aromatic heterocycles. The SMILES string of the molecule is CCNC(=NCC(C)(O)c1ccsc1)NCC(C(C)C)N1CCCC1.I. The fourth-order valence-corrected chi connectivity index (χ4v) is 4.08. The molecule has 1 aliphatic rings. The van der Waals surface area contributed by atoms with Gasteiger partial charge in [0.25, 0.3) is 0 Å². The Kier molecular flexibility index (Phi) is 10.4. The molecule has 7 heteroatoms. The lowest BCUT2D eigenvalue weighted by atomic mass is 10.00. The highest BCUT2D eigenvalue weighted by Gasteiger charge is 2.25. The van der Waals surface area contributed by atoms with Crippen LogP contribution in [-0.2, 0) is 5.60 Å². The molecule has 0 aliphatic carbocycles. The lowest BCUT2D eigenvalue weighted by Gasteiger charge is -2.31. The minimum Gasteiger partial charge on any atom is -0.383 e. The van der Waals surface area contributed by atoms with Gasteiger partial charge in [-0.15, -0.1) is 24.0 Å². The summed E-state index contributed by atoms with van der Waals surface area (Å²) in [5.74, 6) is 1.38. The Morgan fingerprint density at radius 2 is 2.04 bits per heavy atom. The van der Waals surface area contributed by atoms with Crippen molar-refractivity contribution in [1.82, 2.24) is 15.5 Å². The normalized spacial score (nSPS) is 19.1. The number of guanidine groups is 1. The van der Waals surface area contributed by atoms with Crippen LogP contribution in [0.2, 0.25) is 0 Å². The van der Waals surface area contributed by atoms with Crippen LogP contribution >= 0.6 is 35.3 Å². The number of hydrogen-bond acceptors (Lipinski definition) is 4. The highest BCUT2D eigenvalue weighted by molar-refractivity contribution is 14.0. The monoisotopic (exact) mass is 494 g/mol. The lowest BCUT2D eigenvalue weighted by molar-refractivity contribution is 0.0677. The second kappa shape index (κ2) is 11.5. The van der Waals surface area contributed by atoms with Crippen LogP contribution in [0, 0.1) is 5.92 Å². The van der Waals surface area contributed by atoms with Gasteiger partial charge in [0, 0.05) is 19.1 Å². The van der Waals surface area contributed by atoms with Crippen LogP contribution in [0.3, 0.4) is 0 Å². The van der Waals surface area contributed by atoms with Gasteiger partial charge < -0.3 is 15.7 Å². The molecule has 5 nitrogen and oxygen atoms in total. The van der Waals surface area contributed by atoms with Crippen LogP contribution in [0.4, 0.5) is 0 Å². The largest absolute Gasteiger partial charge is 0.383 e. The number of thiophene rings is 1. The van der Waals surface area contributed by atoms with E-state index in [1.807, 2.05) is 23.8 Å². The summed E-state index contributed by atoms with van der Waals surface area (Å²) in [5.41, 5.74) is -0.0106. The van der Waals surface area contributed by atoms with Gasteiger partial charge in [0.15, 0.2) is 5.96 Å². The fourth-order valence-electron chi connectivity index (χ4n) is 3.30. The maximum Gasteiger partial charge on any atom is 0.191 e. The van der Waals surface area contributed by atoms with Crippen LogP contribution < -0.4 is 10.6 Å². The molecule has 2 heterocycles. The van der Waals surface area contributed by atoms with E-state index in [1.165, 1.54) is 25.9 Å². The maximum atomic E-state index is 10.7. The topological polar surface area (TPSA) is 59.9 Å². The second-order valence-electron chi connectivity index (χ2n) is 7.42. The van der Waals surface area contributed by atoms with E-state index in [2.05, 4.69) is 41.3 Å². The molecule has 0 aromatic carbocycles. The highest BCUT2D eigenvalue weighted by Crippen LogP contribution is 2.23.